The van der Waals surface area contributed by atoms with Gasteiger partial charge in [0.1, 0.15) is 0 Å². The number of hydrogen-bond acceptors (Lipinski definition) is 2. The quantitative estimate of drug-likeness (QED) is 0.638. The first kappa shape index (κ1) is 11.4. The molecule has 0 heterocycles. The zero-order chi connectivity index (χ0) is 9.56. The van der Waals surface area contributed by atoms with Crippen LogP contribution in [0.5, 0.6) is 0 Å². The van der Waals surface area contributed by atoms with Crippen LogP contribution < -0.4 is 10.6 Å². The van der Waals surface area contributed by atoms with Gasteiger partial charge in [0, 0.05) is 7.05 Å². The summed E-state index contributed by atoms with van der Waals surface area (Å²) in [5, 5.41) is 5.67. The SMILES string of the molecule is CNC(=O)CNCC(C)C(C)C. The van der Waals surface area contributed by atoms with E-state index in [0.717, 1.165) is 6.54 Å². The van der Waals surface area contributed by atoms with Crippen molar-refractivity contribution >= 4 is 5.91 Å². The molecule has 1 amide bonds. The van der Waals surface area contributed by atoms with E-state index >= 15 is 0 Å². The molecule has 0 radical (unpaired) electrons. The third-order valence-electron chi connectivity index (χ3n) is 2.17. The smallest absolute Gasteiger partial charge is 0.233 e. The molecule has 0 spiro atoms. The van der Waals surface area contributed by atoms with Gasteiger partial charge >= 0.3 is 0 Å². The predicted octanol–water partition coefficient (Wildman–Crippen LogP) is 0.614. The van der Waals surface area contributed by atoms with Gasteiger partial charge in [0.05, 0.1) is 6.54 Å². The number of likely N-dealkylation sites (N-methyl/N-ethyl adjacent to an activating group) is 1. The lowest BCUT2D eigenvalue weighted by Crippen LogP contribution is -2.34. The van der Waals surface area contributed by atoms with Crippen LogP contribution in [0.4, 0.5) is 0 Å². The second kappa shape index (κ2) is 6.00. The molecular formula is C9H20N2O. The van der Waals surface area contributed by atoms with E-state index in [1.807, 2.05) is 0 Å². The molecule has 0 aromatic heterocycles. The number of carbonyl (C=O) groups is 1. The molecule has 2 N–H and O–H groups in total. The van der Waals surface area contributed by atoms with Crippen LogP contribution >= 0.6 is 0 Å². The third-order valence-corrected chi connectivity index (χ3v) is 2.17. The molecule has 0 fully saturated rings. The Kier molecular flexibility index (Phi) is 5.72. The molecule has 0 bridgehead atoms. The average Bonchev–Trinajstić information content (AvgIpc) is 2.03. The first-order valence-corrected chi connectivity index (χ1v) is 4.49. The van der Waals surface area contributed by atoms with E-state index < -0.39 is 0 Å². The van der Waals surface area contributed by atoms with E-state index in [-0.39, 0.29) is 5.91 Å². The largest absolute Gasteiger partial charge is 0.358 e. The zero-order valence-corrected chi connectivity index (χ0v) is 8.48. The highest BCUT2D eigenvalue weighted by molar-refractivity contribution is 5.77. The van der Waals surface area contributed by atoms with Crippen molar-refractivity contribution in [2.24, 2.45) is 11.8 Å². The molecule has 0 saturated carbocycles. The second-order valence-corrected chi connectivity index (χ2v) is 3.53. The van der Waals surface area contributed by atoms with E-state index in [9.17, 15) is 4.79 Å². The lowest BCUT2D eigenvalue weighted by Gasteiger charge is -2.15. The van der Waals surface area contributed by atoms with Crippen LogP contribution in [0.2, 0.25) is 0 Å². The molecular weight excluding hydrogens is 152 g/mol. The standard InChI is InChI=1S/C9H20N2O/c1-7(2)8(3)5-11-6-9(12)10-4/h7-8,11H,5-6H2,1-4H3,(H,10,12). The highest BCUT2D eigenvalue weighted by Crippen LogP contribution is 2.06. The summed E-state index contributed by atoms with van der Waals surface area (Å²) in [6, 6.07) is 0. The Hall–Kier alpha value is -0.570. The summed E-state index contributed by atoms with van der Waals surface area (Å²) in [7, 11) is 1.65. The van der Waals surface area contributed by atoms with Crippen molar-refractivity contribution in [3.05, 3.63) is 0 Å². The van der Waals surface area contributed by atoms with Crippen molar-refractivity contribution in [2.75, 3.05) is 20.1 Å². The van der Waals surface area contributed by atoms with Crippen LogP contribution in [0.25, 0.3) is 0 Å². The zero-order valence-electron chi connectivity index (χ0n) is 8.48. The fourth-order valence-electron chi connectivity index (χ4n) is 0.737. The van der Waals surface area contributed by atoms with Crippen LogP contribution in [0.3, 0.4) is 0 Å². The fourth-order valence-corrected chi connectivity index (χ4v) is 0.737. The van der Waals surface area contributed by atoms with E-state index in [4.69, 9.17) is 0 Å². The van der Waals surface area contributed by atoms with Crippen LogP contribution in [-0.4, -0.2) is 26.0 Å². The minimum atomic E-state index is 0.0472. The lowest BCUT2D eigenvalue weighted by molar-refractivity contribution is -0.119. The fraction of sp³-hybridized carbons (Fsp3) is 0.889. The number of hydrogen-bond donors (Lipinski definition) is 2. The maximum absolute atomic E-state index is 10.8. The highest BCUT2D eigenvalue weighted by Gasteiger charge is 2.06. The lowest BCUT2D eigenvalue weighted by atomic mass is 9.98. The van der Waals surface area contributed by atoms with Crippen LogP contribution in [-0.2, 0) is 4.79 Å². The highest BCUT2D eigenvalue weighted by atomic mass is 16.1. The topological polar surface area (TPSA) is 41.1 Å². The molecule has 3 nitrogen and oxygen atoms in total. The minimum Gasteiger partial charge on any atom is -0.358 e. The number of nitrogens with one attached hydrogen (secondary N) is 2. The van der Waals surface area contributed by atoms with Gasteiger partial charge in [-0.1, -0.05) is 20.8 Å². The molecule has 3 heteroatoms. The summed E-state index contributed by atoms with van der Waals surface area (Å²) in [5.41, 5.74) is 0. The van der Waals surface area contributed by atoms with Gasteiger partial charge in [-0.05, 0) is 18.4 Å². The van der Waals surface area contributed by atoms with Gasteiger partial charge in [0.15, 0.2) is 0 Å². The first-order valence-electron chi connectivity index (χ1n) is 4.49. The van der Waals surface area contributed by atoms with Gasteiger partial charge in [-0.3, -0.25) is 4.79 Å². The second-order valence-electron chi connectivity index (χ2n) is 3.53. The molecule has 0 aromatic rings. The van der Waals surface area contributed by atoms with Crippen molar-refractivity contribution in [1.29, 1.82) is 0 Å². The Labute approximate surface area is 74.9 Å². The van der Waals surface area contributed by atoms with Crippen LogP contribution in [0.15, 0.2) is 0 Å². The summed E-state index contributed by atoms with van der Waals surface area (Å²) in [6.45, 7) is 7.89. The van der Waals surface area contributed by atoms with Crippen molar-refractivity contribution in [2.45, 2.75) is 20.8 Å². The van der Waals surface area contributed by atoms with E-state index in [1.165, 1.54) is 0 Å². The maximum atomic E-state index is 10.8. The van der Waals surface area contributed by atoms with Crippen molar-refractivity contribution in [3.8, 4) is 0 Å². The molecule has 0 aliphatic rings. The molecule has 0 saturated heterocycles. The maximum Gasteiger partial charge on any atom is 0.233 e. The van der Waals surface area contributed by atoms with Gasteiger partial charge in [-0.25, -0.2) is 0 Å². The van der Waals surface area contributed by atoms with E-state index in [0.29, 0.717) is 18.4 Å². The van der Waals surface area contributed by atoms with E-state index in [2.05, 4.69) is 31.4 Å². The molecule has 0 rings (SSSR count). The Balaban J connectivity index is 3.37. The third kappa shape index (κ3) is 5.13. The first-order chi connectivity index (χ1) is 5.57. The van der Waals surface area contributed by atoms with E-state index in [1.54, 1.807) is 7.05 Å². The van der Waals surface area contributed by atoms with Gasteiger partial charge in [-0.2, -0.15) is 0 Å². The summed E-state index contributed by atoms with van der Waals surface area (Å²) in [4.78, 5) is 10.8. The van der Waals surface area contributed by atoms with Crippen molar-refractivity contribution < 1.29 is 4.79 Å². The monoisotopic (exact) mass is 172 g/mol. The Morgan fingerprint density at radius 1 is 1.33 bits per heavy atom. The summed E-state index contributed by atoms with van der Waals surface area (Å²) in [5.74, 6) is 1.34. The van der Waals surface area contributed by atoms with Crippen molar-refractivity contribution in [1.82, 2.24) is 10.6 Å². The molecule has 0 aliphatic carbocycles. The van der Waals surface area contributed by atoms with Crippen LogP contribution in [0, 0.1) is 11.8 Å². The van der Waals surface area contributed by atoms with Gasteiger partial charge in [0.25, 0.3) is 0 Å². The van der Waals surface area contributed by atoms with Gasteiger partial charge in [0.2, 0.25) is 5.91 Å². The normalized spacial score (nSPS) is 13.1. The summed E-state index contributed by atoms with van der Waals surface area (Å²) < 4.78 is 0. The average molecular weight is 172 g/mol. The molecule has 72 valence electrons. The molecule has 1 atom stereocenters. The predicted molar refractivity (Wildman–Crippen MR) is 50.9 cm³/mol. The van der Waals surface area contributed by atoms with Gasteiger partial charge in [-0.15, -0.1) is 0 Å². The Morgan fingerprint density at radius 2 is 1.92 bits per heavy atom. The molecule has 12 heavy (non-hydrogen) atoms. The van der Waals surface area contributed by atoms with Crippen LogP contribution in [0.1, 0.15) is 20.8 Å². The number of carbonyl (C=O) groups excluding carboxylic acids is 1. The summed E-state index contributed by atoms with van der Waals surface area (Å²) >= 11 is 0. The number of amides is 1. The summed E-state index contributed by atoms with van der Waals surface area (Å²) in [6.07, 6.45) is 0. The molecule has 0 aliphatic heterocycles. The van der Waals surface area contributed by atoms with Gasteiger partial charge < -0.3 is 10.6 Å². The Bertz CT molecular complexity index is 134. The molecule has 0 aromatic carbocycles. The molecule has 1 unspecified atom stereocenters. The number of rotatable bonds is 5. The minimum absolute atomic E-state index is 0.0472. The van der Waals surface area contributed by atoms with Crippen molar-refractivity contribution in [3.63, 3.8) is 0 Å². The Morgan fingerprint density at radius 3 is 2.33 bits per heavy atom.